The molecule has 0 amide bonds. The molecule has 146 valence electrons. The summed E-state index contributed by atoms with van der Waals surface area (Å²) in [6.45, 7) is 2.04. The van der Waals surface area contributed by atoms with E-state index in [0.717, 1.165) is 11.5 Å². The van der Waals surface area contributed by atoms with Gasteiger partial charge in [0.2, 0.25) is 10.0 Å². The van der Waals surface area contributed by atoms with Crippen molar-refractivity contribution in [2.24, 2.45) is 5.92 Å². The largest absolute Gasteiger partial charge is 0.363 e. The highest BCUT2D eigenvalue weighted by Gasteiger charge is 2.29. The second-order valence-corrected chi connectivity index (χ2v) is 8.79. The third kappa shape index (κ3) is 4.79. The minimum atomic E-state index is -3.66. The molecule has 0 aliphatic carbocycles. The smallest absolute Gasteiger partial charge is 0.243 e. The molecule has 0 spiro atoms. The number of hydrogen-bond donors (Lipinski definition) is 1. The fourth-order valence-corrected chi connectivity index (χ4v) is 4.62. The molecule has 1 saturated heterocycles. The molecule has 7 nitrogen and oxygen atoms in total. The number of benzene rings is 1. The average Bonchev–Trinajstić information content (AvgIpc) is 2.88. The van der Waals surface area contributed by atoms with Gasteiger partial charge in [0.1, 0.15) is 18.0 Å². The molecule has 2 aromatic rings. The maximum Gasteiger partial charge on any atom is 0.243 e. The predicted octanol–water partition coefficient (Wildman–Crippen LogP) is 1.13. The lowest BCUT2D eigenvalue weighted by molar-refractivity contribution is 0.373. The normalized spacial score (nSPS) is 18.9. The first-order valence-electron chi connectivity index (χ1n) is 8.81. The van der Waals surface area contributed by atoms with Gasteiger partial charge in [-0.25, -0.2) is 22.8 Å². The van der Waals surface area contributed by atoms with Crippen LogP contribution < -0.4 is 10.2 Å². The number of sulfonamides is 1. The number of anilines is 1. The molecule has 0 saturated carbocycles. The number of aromatic nitrogens is 2. The zero-order valence-corrected chi connectivity index (χ0v) is 16.3. The van der Waals surface area contributed by atoms with Gasteiger partial charge in [-0.15, -0.1) is 0 Å². The third-order valence-electron chi connectivity index (χ3n) is 4.55. The number of nitrogens with one attached hydrogen (secondary N) is 1. The fraction of sp³-hybridized carbons (Fsp3) is 0.444. The van der Waals surface area contributed by atoms with Crippen LogP contribution >= 0.6 is 0 Å². The number of nitrogens with zero attached hydrogens (tertiary/aromatic N) is 4. The second-order valence-electron chi connectivity index (χ2n) is 6.85. The molecule has 0 radical (unpaired) electrons. The van der Waals surface area contributed by atoms with Crippen molar-refractivity contribution in [2.45, 2.75) is 11.3 Å². The Kier molecular flexibility index (Phi) is 6.03. The third-order valence-corrected chi connectivity index (χ3v) is 6.43. The molecule has 1 fully saturated rings. The maximum atomic E-state index is 13.1. The molecule has 9 heteroatoms. The lowest BCUT2D eigenvalue weighted by atomic mass is 10.0. The Balaban J connectivity index is 1.77. The monoisotopic (exact) mass is 393 g/mol. The van der Waals surface area contributed by atoms with Crippen LogP contribution in [0, 0.1) is 11.7 Å². The summed E-state index contributed by atoms with van der Waals surface area (Å²) < 4.78 is 40.5. The van der Waals surface area contributed by atoms with Gasteiger partial charge in [-0.1, -0.05) is 0 Å². The Labute approximate surface area is 159 Å². The molecule has 1 atom stereocenters. The van der Waals surface area contributed by atoms with Crippen LogP contribution in [0.3, 0.4) is 0 Å². The molecular formula is C18H24FN5O2S. The molecular weight excluding hydrogens is 369 g/mol. The SMILES string of the molecule is CN(C)c1cc(C[C@@H]2CNCCN(S(=O)(=O)c3ccc(F)cc3)C2)ncn1. The lowest BCUT2D eigenvalue weighted by Crippen LogP contribution is -2.36. The molecule has 27 heavy (non-hydrogen) atoms. The van der Waals surface area contributed by atoms with Crippen molar-refractivity contribution in [1.29, 1.82) is 0 Å². The molecule has 1 aromatic carbocycles. The van der Waals surface area contributed by atoms with Crippen LogP contribution in [-0.4, -0.2) is 63.0 Å². The highest BCUT2D eigenvalue weighted by molar-refractivity contribution is 7.89. The van der Waals surface area contributed by atoms with E-state index in [1.807, 2.05) is 25.1 Å². The van der Waals surface area contributed by atoms with E-state index >= 15 is 0 Å². The molecule has 0 bridgehead atoms. The van der Waals surface area contributed by atoms with E-state index < -0.39 is 15.8 Å². The maximum absolute atomic E-state index is 13.1. The van der Waals surface area contributed by atoms with Crippen molar-refractivity contribution < 1.29 is 12.8 Å². The van der Waals surface area contributed by atoms with Gasteiger partial charge in [-0.2, -0.15) is 4.31 Å². The van der Waals surface area contributed by atoms with Crippen LogP contribution in [0.4, 0.5) is 10.2 Å². The lowest BCUT2D eigenvalue weighted by Gasteiger charge is -2.23. The first-order valence-corrected chi connectivity index (χ1v) is 10.2. The zero-order valence-electron chi connectivity index (χ0n) is 15.5. The topological polar surface area (TPSA) is 78.4 Å². The minimum absolute atomic E-state index is 0.0765. The fourth-order valence-electron chi connectivity index (χ4n) is 3.10. The van der Waals surface area contributed by atoms with Crippen molar-refractivity contribution in [3.05, 3.63) is 48.2 Å². The van der Waals surface area contributed by atoms with Crippen LogP contribution in [0.1, 0.15) is 5.69 Å². The van der Waals surface area contributed by atoms with E-state index in [1.54, 1.807) is 0 Å². The molecule has 3 rings (SSSR count). The summed E-state index contributed by atoms with van der Waals surface area (Å²) in [5, 5.41) is 3.30. The van der Waals surface area contributed by atoms with Crippen molar-refractivity contribution in [1.82, 2.24) is 19.6 Å². The summed E-state index contributed by atoms with van der Waals surface area (Å²) >= 11 is 0. The summed E-state index contributed by atoms with van der Waals surface area (Å²) in [7, 11) is 0.163. The summed E-state index contributed by atoms with van der Waals surface area (Å²) in [6.07, 6.45) is 2.17. The highest BCUT2D eigenvalue weighted by atomic mass is 32.2. The predicted molar refractivity (Wildman–Crippen MR) is 102 cm³/mol. The minimum Gasteiger partial charge on any atom is -0.363 e. The summed E-state index contributed by atoms with van der Waals surface area (Å²) in [4.78, 5) is 10.6. The van der Waals surface area contributed by atoms with E-state index in [0.29, 0.717) is 32.6 Å². The van der Waals surface area contributed by atoms with Crippen molar-refractivity contribution >= 4 is 15.8 Å². The highest BCUT2D eigenvalue weighted by Crippen LogP contribution is 2.20. The van der Waals surface area contributed by atoms with Gasteiger partial charge in [0.15, 0.2) is 0 Å². The Hall–Kier alpha value is -2.10. The summed E-state index contributed by atoms with van der Waals surface area (Å²) in [5.41, 5.74) is 0.876. The Bertz CT molecular complexity index is 874. The van der Waals surface area contributed by atoms with Crippen LogP contribution in [0.15, 0.2) is 41.6 Å². The van der Waals surface area contributed by atoms with Crippen LogP contribution in [0.2, 0.25) is 0 Å². The van der Waals surface area contributed by atoms with E-state index in [4.69, 9.17) is 0 Å². The van der Waals surface area contributed by atoms with Crippen LogP contribution in [-0.2, 0) is 16.4 Å². The van der Waals surface area contributed by atoms with Gasteiger partial charge >= 0.3 is 0 Å². The van der Waals surface area contributed by atoms with E-state index in [2.05, 4.69) is 15.3 Å². The molecule has 0 unspecified atom stereocenters. The average molecular weight is 393 g/mol. The van der Waals surface area contributed by atoms with Gasteiger partial charge in [0.05, 0.1) is 4.90 Å². The van der Waals surface area contributed by atoms with E-state index in [9.17, 15) is 12.8 Å². The van der Waals surface area contributed by atoms with Gasteiger partial charge in [-0.05, 0) is 43.1 Å². The zero-order chi connectivity index (χ0) is 19.4. The second kappa shape index (κ2) is 8.28. The van der Waals surface area contributed by atoms with E-state index in [-0.39, 0.29) is 10.8 Å². The molecule has 2 heterocycles. The first-order chi connectivity index (χ1) is 12.9. The van der Waals surface area contributed by atoms with E-state index in [1.165, 1.54) is 34.9 Å². The van der Waals surface area contributed by atoms with Crippen molar-refractivity contribution in [2.75, 3.05) is 45.2 Å². The Morgan fingerprint density at radius 2 is 2.00 bits per heavy atom. The standard InChI is InChI=1S/C18H24FN5O2S/c1-23(2)18-10-16(21-13-22-18)9-14-11-20-7-8-24(12-14)27(25,26)17-5-3-15(19)4-6-17/h3-6,10,13-14,20H,7-9,11-12H2,1-2H3/t14-/m1/s1. The first kappa shape index (κ1) is 19.7. The van der Waals surface area contributed by atoms with Crippen LogP contribution in [0.25, 0.3) is 0 Å². The Morgan fingerprint density at radius 3 is 2.70 bits per heavy atom. The quantitative estimate of drug-likeness (QED) is 0.821. The number of rotatable bonds is 5. The van der Waals surface area contributed by atoms with Crippen molar-refractivity contribution in [3.8, 4) is 0 Å². The number of hydrogen-bond acceptors (Lipinski definition) is 6. The van der Waals surface area contributed by atoms with Crippen LogP contribution in [0.5, 0.6) is 0 Å². The van der Waals surface area contributed by atoms with Gasteiger partial charge in [0, 0.05) is 45.5 Å². The van der Waals surface area contributed by atoms with Crippen molar-refractivity contribution in [3.63, 3.8) is 0 Å². The van der Waals surface area contributed by atoms with Gasteiger partial charge in [0.25, 0.3) is 0 Å². The summed E-state index contributed by atoms with van der Waals surface area (Å²) in [6, 6.07) is 6.88. The molecule has 1 aromatic heterocycles. The van der Waals surface area contributed by atoms with Gasteiger partial charge in [-0.3, -0.25) is 0 Å². The number of halogens is 1. The molecule has 1 N–H and O–H groups in total. The molecule has 1 aliphatic rings. The summed E-state index contributed by atoms with van der Waals surface area (Å²) in [5.74, 6) is 0.440. The van der Waals surface area contributed by atoms with Gasteiger partial charge < -0.3 is 10.2 Å². The molecule has 1 aliphatic heterocycles. The Morgan fingerprint density at radius 1 is 1.26 bits per heavy atom.